The zero-order valence-corrected chi connectivity index (χ0v) is 5.28. The summed E-state index contributed by atoms with van der Waals surface area (Å²) in [5.41, 5.74) is 0. The minimum Gasteiger partial charge on any atom is -0.315 e. The summed E-state index contributed by atoms with van der Waals surface area (Å²) in [5, 5.41) is 2.98. The predicted molar refractivity (Wildman–Crippen MR) is 32.0 cm³/mol. The van der Waals surface area contributed by atoms with Gasteiger partial charge in [0.2, 0.25) is 0 Å². The summed E-state index contributed by atoms with van der Waals surface area (Å²) in [7, 11) is 0. The van der Waals surface area contributed by atoms with Gasteiger partial charge in [0.05, 0.1) is 5.25 Å². The van der Waals surface area contributed by atoms with Gasteiger partial charge >= 0.3 is 0 Å². The lowest BCUT2D eigenvalue weighted by Crippen LogP contribution is -2.17. The SMILES string of the molecule is O=S(O)[C@@H]1CCNC1. The van der Waals surface area contributed by atoms with Crippen LogP contribution in [0.4, 0.5) is 0 Å². The zero-order valence-electron chi connectivity index (χ0n) is 4.46. The average molecular weight is 135 g/mol. The first-order valence-corrected chi connectivity index (χ1v) is 3.78. The molecule has 2 N–H and O–H groups in total. The van der Waals surface area contributed by atoms with Crippen molar-refractivity contribution in [2.45, 2.75) is 11.7 Å². The van der Waals surface area contributed by atoms with Crippen molar-refractivity contribution in [3.8, 4) is 0 Å². The third-order valence-corrected chi connectivity index (χ3v) is 2.27. The molecule has 0 amide bonds. The number of hydrogen-bond donors (Lipinski definition) is 2. The van der Waals surface area contributed by atoms with E-state index in [4.69, 9.17) is 4.55 Å². The van der Waals surface area contributed by atoms with Crippen LogP contribution in [0.2, 0.25) is 0 Å². The summed E-state index contributed by atoms with van der Waals surface area (Å²) in [6, 6.07) is 0. The molecule has 4 heteroatoms. The van der Waals surface area contributed by atoms with Gasteiger partial charge in [-0.3, -0.25) is 0 Å². The highest BCUT2D eigenvalue weighted by Gasteiger charge is 2.18. The van der Waals surface area contributed by atoms with Gasteiger partial charge < -0.3 is 9.87 Å². The van der Waals surface area contributed by atoms with E-state index in [0.29, 0.717) is 6.54 Å². The number of rotatable bonds is 1. The highest BCUT2D eigenvalue weighted by Crippen LogP contribution is 2.02. The van der Waals surface area contributed by atoms with Crippen LogP contribution in [0.5, 0.6) is 0 Å². The summed E-state index contributed by atoms with van der Waals surface area (Å²) in [4.78, 5) is 0. The van der Waals surface area contributed by atoms with Gasteiger partial charge in [-0.2, -0.15) is 0 Å². The molecule has 0 aromatic carbocycles. The minimum atomic E-state index is -1.60. The fraction of sp³-hybridized carbons (Fsp3) is 1.00. The summed E-state index contributed by atoms with van der Waals surface area (Å²) >= 11 is -1.60. The molecule has 8 heavy (non-hydrogen) atoms. The van der Waals surface area contributed by atoms with Crippen LogP contribution in [-0.2, 0) is 11.1 Å². The summed E-state index contributed by atoms with van der Waals surface area (Å²) < 4.78 is 18.8. The molecular formula is C4H9NO2S. The Kier molecular flexibility index (Phi) is 1.99. The van der Waals surface area contributed by atoms with Crippen LogP contribution in [0.3, 0.4) is 0 Å². The molecule has 1 rings (SSSR count). The largest absolute Gasteiger partial charge is 0.315 e. The quantitative estimate of drug-likeness (QED) is 0.480. The van der Waals surface area contributed by atoms with Crippen molar-refractivity contribution in [3.05, 3.63) is 0 Å². The Balaban J connectivity index is 2.35. The lowest BCUT2D eigenvalue weighted by atomic mass is 10.4. The van der Waals surface area contributed by atoms with Gasteiger partial charge in [-0.25, -0.2) is 4.21 Å². The number of nitrogens with one attached hydrogen (secondary N) is 1. The normalized spacial score (nSPS) is 32.9. The highest BCUT2D eigenvalue weighted by molar-refractivity contribution is 7.79. The Morgan fingerprint density at radius 3 is 2.75 bits per heavy atom. The summed E-state index contributed by atoms with van der Waals surface area (Å²) in [6.07, 6.45) is 0.836. The standard InChI is InChI=1S/C4H9NO2S/c6-8(7)4-1-2-5-3-4/h4-5H,1-3H2,(H,6,7)/t4-/m1/s1. The van der Waals surface area contributed by atoms with Gasteiger partial charge in [-0.15, -0.1) is 0 Å². The Bertz CT molecular complexity index is 100. The molecule has 1 heterocycles. The van der Waals surface area contributed by atoms with E-state index in [1.54, 1.807) is 0 Å². The molecule has 0 saturated carbocycles. The van der Waals surface area contributed by atoms with Gasteiger partial charge in [-0.1, -0.05) is 0 Å². The Hall–Kier alpha value is 0.0700. The second kappa shape index (κ2) is 2.57. The predicted octanol–water partition coefficient (Wildman–Crippen LogP) is -0.430. The molecule has 0 spiro atoms. The molecule has 2 atom stereocenters. The van der Waals surface area contributed by atoms with E-state index in [9.17, 15) is 4.21 Å². The maximum atomic E-state index is 10.3. The van der Waals surface area contributed by atoms with Gasteiger partial charge in [0.25, 0.3) is 0 Å². The van der Waals surface area contributed by atoms with Crippen molar-refractivity contribution in [1.82, 2.24) is 5.32 Å². The fourth-order valence-electron chi connectivity index (χ4n) is 0.800. The molecule has 0 aromatic heterocycles. The third kappa shape index (κ3) is 1.27. The van der Waals surface area contributed by atoms with Crippen molar-refractivity contribution in [1.29, 1.82) is 0 Å². The molecule has 0 bridgehead atoms. The molecule has 1 unspecified atom stereocenters. The van der Waals surface area contributed by atoms with Crippen LogP contribution in [0.15, 0.2) is 0 Å². The second-order valence-electron chi connectivity index (χ2n) is 1.89. The topological polar surface area (TPSA) is 49.3 Å². The minimum absolute atomic E-state index is 0.0185. The van der Waals surface area contributed by atoms with E-state index in [0.717, 1.165) is 13.0 Å². The second-order valence-corrected chi connectivity index (χ2v) is 3.11. The molecule has 48 valence electrons. The summed E-state index contributed by atoms with van der Waals surface area (Å²) in [6.45, 7) is 1.58. The number of hydrogen-bond acceptors (Lipinski definition) is 2. The van der Waals surface area contributed by atoms with Gasteiger partial charge in [0, 0.05) is 6.54 Å². The van der Waals surface area contributed by atoms with Crippen molar-refractivity contribution in [2.24, 2.45) is 0 Å². The van der Waals surface area contributed by atoms with E-state index in [-0.39, 0.29) is 5.25 Å². The molecule has 0 aromatic rings. The lowest BCUT2D eigenvalue weighted by molar-refractivity contribution is 0.550. The van der Waals surface area contributed by atoms with E-state index in [2.05, 4.69) is 5.32 Å². The third-order valence-electron chi connectivity index (χ3n) is 1.30. The first-order chi connectivity index (χ1) is 3.80. The van der Waals surface area contributed by atoms with Crippen molar-refractivity contribution in [2.75, 3.05) is 13.1 Å². The molecule has 3 nitrogen and oxygen atoms in total. The Labute approximate surface area is 50.8 Å². The zero-order chi connectivity index (χ0) is 5.98. The monoisotopic (exact) mass is 135 g/mol. The summed E-state index contributed by atoms with van der Waals surface area (Å²) in [5.74, 6) is 0. The van der Waals surface area contributed by atoms with Crippen LogP contribution < -0.4 is 5.32 Å². The van der Waals surface area contributed by atoms with E-state index < -0.39 is 11.1 Å². The van der Waals surface area contributed by atoms with E-state index in [1.807, 2.05) is 0 Å². The van der Waals surface area contributed by atoms with Crippen molar-refractivity contribution in [3.63, 3.8) is 0 Å². The average Bonchev–Trinajstić information content (AvgIpc) is 2.12. The molecular weight excluding hydrogens is 126 g/mol. The van der Waals surface area contributed by atoms with Crippen LogP contribution >= 0.6 is 0 Å². The molecule has 1 saturated heterocycles. The van der Waals surface area contributed by atoms with Gasteiger partial charge in [0.1, 0.15) is 0 Å². The van der Waals surface area contributed by atoms with Crippen molar-refractivity contribution < 1.29 is 8.76 Å². The van der Waals surface area contributed by atoms with Crippen LogP contribution in [0.25, 0.3) is 0 Å². The lowest BCUT2D eigenvalue weighted by Gasteiger charge is -1.97. The molecule has 0 radical (unpaired) electrons. The van der Waals surface area contributed by atoms with E-state index in [1.165, 1.54) is 0 Å². The van der Waals surface area contributed by atoms with Crippen LogP contribution in [0.1, 0.15) is 6.42 Å². The van der Waals surface area contributed by atoms with Gasteiger partial charge in [0.15, 0.2) is 11.1 Å². The Morgan fingerprint density at radius 2 is 2.50 bits per heavy atom. The molecule has 0 aliphatic carbocycles. The van der Waals surface area contributed by atoms with Gasteiger partial charge in [-0.05, 0) is 13.0 Å². The highest BCUT2D eigenvalue weighted by atomic mass is 32.2. The molecule has 1 fully saturated rings. The van der Waals surface area contributed by atoms with Crippen molar-refractivity contribution >= 4 is 11.1 Å². The fourth-order valence-corrected chi connectivity index (χ4v) is 1.38. The maximum Gasteiger partial charge on any atom is 0.157 e. The molecule has 1 aliphatic rings. The first kappa shape index (κ1) is 6.19. The maximum absolute atomic E-state index is 10.3. The molecule has 1 aliphatic heterocycles. The van der Waals surface area contributed by atoms with Crippen LogP contribution in [-0.4, -0.2) is 27.1 Å². The first-order valence-electron chi connectivity index (χ1n) is 2.61. The Morgan fingerprint density at radius 1 is 1.75 bits per heavy atom. The van der Waals surface area contributed by atoms with Crippen LogP contribution in [0, 0.1) is 0 Å². The van der Waals surface area contributed by atoms with E-state index >= 15 is 0 Å². The smallest absolute Gasteiger partial charge is 0.157 e.